The van der Waals surface area contributed by atoms with Crippen molar-refractivity contribution in [2.24, 2.45) is 11.7 Å². The van der Waals surface area contributed by atoms with E-state index in [-0.39, 0.29) is 36.6 Å². The standard InChI is InChI=1S/C19H30N4O2.2ClH/c1-14(2)11-17(20)19(25)21-16-6-4-5-15(12-16)13-18(24)23-9-7-22(3)8-10-23;;/h4-6,12,14,17H,7-11,13,20H2,1-3H3,(H,21,25);2*1H/t17-;;/m0../s1. The van der Waals surface area contributed by atoms with Gasteiger partial charge in [-0.05, 0) is 37.1 Å². The maximum atomic E-state index is 12.4. The Hall–Kier alpha value is -1.34. The second-order valence-electron chi connectivity index (χ2n) is 7.29. The fourth-order valence-corrected chi connectivity index (χ4v) is 2.95. The van der Waals surface area contributed by atoms with Crippen LogP contribution >= 0.6 is 24.8 Å². The van der Waals surface area contributed by atoms with E-state index in [9.17, 15) is 9.59 Å². The number of nitrogens with zero attached hydrogens (tertiary/aromatic N) is 2. The maximum absolute atomic E-state index is 12.4. The number of amides is 2. The van der Waals surface area contributed by atoms with Crippen LogP contribution in [0.3, 0.4) is 0 Å². The van der Waals surface area contributed by atoms with Crippen LogP contribution in [0.15, 0.2) is 24.3 Å². The Morgan fingerprint density at radius 1 is 1.15 bits per heavy atom. The molecular formula is C19H32Cl2N4O2. The van der Waals surface area contributed by atoms with Gasteiger partial charge in [0.05, 0.1) is 12.5 Å². The lowest BCUT2D eigenvalue weighted by molar-refractivity contribution is -0.132. The molecule has 1 heterocycles. The van der Waals surface area contributed by atoms with Crippen LogP contribution in [-0.2, 0) is 16.0 Å². The number of likely N-dealkylation sites (N-methyl/N-ethyl adjacent to an activating group) is 1. The number of anilines is 1. The number of nitrogens with one attached hydrogen (secondary N) is 1. The summed E-state index contributed by atoms with van der Waals surface area (Å²) in [6.07, 6.45) is 0.999. The van der Waals surface area contributed by atoms with E-state index in [2.05, 4.69) is 17.3 Å². The molecule has 1 saturated heterocycles. The van der Waals surface area contributed by atoms with E-state index in [1.807, 2.05) is 43.0 Å². The van der Waals surface area contributed by atoms with Crippen LogP contribution in [0.2, 0.25) is 0 Å². The fraction of sp³-hybridized carbons (Fsp3) is 0.579. The summed E-state index contributed by atoms with van der Waals surface area (Å²) < 4.78 is 0. The fourth-order valence-electron chi connectivity index (χ4n) is 2.95. The molecule has 0 unspecified atom stereocenters. The molecule has 154 valence electrons. The van der Waals surface area contributed by atoms with Gasteiger partial charge in [-0.15, -0.1) is 24.8 Å². The second kappa shape index (κ2) is 12.2. The quantitative estimate of drug-likeness (QED) is 0.741. The van der Waals surface area contributed by atoms with Crippen molar-refractivity contribution < 1.29 is 9.59 Å². The summed E-state index contributed by atoms with van der Waals surface area (Å²) in [4.78, 5) is 28.7. The van der Waals surface area contributed by atoms with Crippen LogP contribution in [-0.4, -0.2) is 60.9 Å². The summed E-state index contributed by atoms with van der Waals surface area (Å²) in [6.45, 7) is 7.45. The lowest BCUT2D eigenvalue weighted by Crippen LogP contribution is -2.47. The number of carbonyl (C=O) groups excluding carboxylic acids is 2. The summed E-state index contributed by atoms with van der Waals surface area (Å²) >= 11 is 0. The second-order valence-corrected chi connectivity index (χ2v) is 7.29. The van der Waals surface area contributed by atoms with Gasteiger partial charge >= 0.3 is 0 Å². The van der Waals surface area contributed by atoms with Gasteiger partial charge in [-0.25, -0.2) is 0 Å². The monoisotopic (exact) mass is 418 g/mol. The number of hydrogen-bond donors (Lipinski definition) is 2. The summed E-state index contributed by atoms with van der Waals surface area (Å²) in [7, 11) is 2.07. The van der Waals surface area contributed by atoms with Crippen molar-refractivity contribution in [3.8, 4) is 0 Å². The molecule has 8 heteroatoms. The van der Waals surface area contributed by atoms with Crippen molar-refractivity contribution >= 4 is 42.3 Å². The maximum Gasteiger partial charge on any atom is 0.241 e. The molecule has 3 N–H and O–H groups in total. The van der Waals surface area contributed by atoms with Crippen molar-refractivity contribution in [2.75, 3.05) is 38.5 Å². The molecule has 0 spiro atoms. The number of nitrogens with two attached hydrogens (primary N) is 1. The molecule has 27 heavy (non-hydrogen) atoms. The number of halogens is 2. The first-order valence-electron chi connectivity index (χ1n) is 8.97. The molecule has 1 aliphatic rings. The molecule has 2 rings (SSSR count). The minimum atomic E-state index is -0.518. The molecule has 6 nitrogen and oxygen atoms in total. The van der Waals surface area contributed by atoms with Gasteiger partial charge in [0.25, 0.3) is 0 Å². The van der Waals surface area contributed by atoms with Crippen molar-refractivity contribution in [1.29, 1.82) is 0 Å². The molecule has 0 radical (unpaired) electrons. The van der Waals surface area contributed by atoms with E-state index in [1.54, 1.807) is 0 Å². The predicted octanol–water partition coefficient (Wildman–Crippen LogP) is 2.16. The highest BCUT2D eigenvalue weighted by Crippen LogP contribution is 2.14. The van der Waals surface area contributed by atoms with Crippen LogP contribution in [0.1, 0.15) is 25.8 Å². The van der Waals surface area contributed by atoms with E-state index >= 15 is 0 Å². The van der Waals surface area contributed by atoms with Gasteiger partial charge in [-0.2, -0.15) is 0 Å². The summed E-state index contributed by atoms with van der Waals surface area (Å²) in [5.41, 5.74) is 7.51. The largest absolute Gasteiger partial charge is 0.340 e. The van der Waals surface area contributed by atoms with Crippen molar-refractivity contribution in [1.82, 2.24) is 9.80 Å². The number of carbonyl (C=O) groups is 2. The van der Waals surface area contributed by atoms with Gasteiger partial charge < -0.3 is 20.9 Å². The van der Waals surface area contributed by atoms with Crippen molar-refractivity contribution in [2.45, 2.75) is 32.7 Å². The summed E-state index contributed by atoms with van der Waals surface area (Å²) in [5.74, 6) is 0.317. The average molecular weight is 419 g/mol. The van der Waals surface area contributed by atoms with Crippen LogP contribution in [0, 0.1) is 5.92 Å². The summed E-state index contributed by atoms with van der Waals surface area (Å²) in [6, 6.07) is 6.93. The summed E-state index contributed by atoms with van der Waals surface area (Å²) in [5, 5.41) is 2.85. The molecule has 2 amide bonds. The average Bonchev–Trinajstić information content (AvgIpc) is 2.55. The molecule has 1 aromatic rings. The molecule has 1 atom stereocenters. The van der Waals surface area contributed by atoms with Crippen LogP contribution in [0.25, 0.3) is 0 Å². The molecule has 1 aromatic carbocycles. The van der Waals surface area contributed by atoms with Gasteiger partial charge in [0.15, 0.2) is 0 Å². The Morgan fingerprint density at radius 2 is 1.78 bits per heavy atom. The first-order chi connectivity index (χ1) is 11.8. The van der Waals surface area contributed by atoms with E-state index in [0.717, 1.165) is 31.7 Å². The molecule has 1 aliphatic heterocycles. The van der Waals surface area contributed by atoms with E-state index in [1.165, 1.54) is 0 Å². The third kappa shape index (κ3) is 8.47. The number of rotatable bonds is 6. The minimum absolute atomic E-state index is 0. The zero-order chi connectivity index (χ0) is 18.4. The zero-order valence-corrected chi connectivity index (χ0v) is 17.9. The predicted molar refractivity (Wildman–Crippen MR) is 115 cm³/mol. The molecular weight excluding hydrogens is 387 g/mol. The highest BCUT2D eigenvalue weighted by molar-refractivity contribution is 5.94. The number of hydrogen-bond acceptors (Lipinski definition) is 4. The SMILES string of the molecule is CC(C)C[C@H](N)C(=O)Nc1cccc(CC(=O)N2CCN(C)CC2)c1.Cl.Cl. The molecule has 0 aromatic heterocycles. The Labute approximate surface area is 174 Å². The zero-order valence-electron chi connectivity index (χ0n) is 16.3. The van der Waals surface area contributed by atoms with Crippen molar-refractivity contribution in [3.05, 3.63) is 29.8 Å². The Morgan fingerprint density at radius 3 is 2.37 bits per heavy atom. The minimum Gasteiger partial charge on any atom is -0.340 e. The number of piperazine rings is 1. The van der Waals surface area contributed by atoms with Gasteiger partial charge in [-0.3, -0.25) is 9.59 Å². The normalized spacial score (nSPS) is 15.5. The topological polar surface area (TPSA) is 78.7 Å². The van der Waals surface area contributed by atoms with Crippen LogP contribution in [0.5, 0.6) is 0 Å². The molecule has 0 bridgehead atoms. The van der Waals surface area contributed by atoms with E-state index in [4.69, 9.17) is 5.73 Å². The number of benzene rings is 1. The van der Waals surface area contributed by atoms with E-state index < -0.39 is 6.04 Å². The van der Waals surface area contributed by atoms with Gasteiger partial charge in [0.1, 0.15) is 0 Å². The third-order valence-corrected chi connectivity index (χ3v) is 4.47. The van der Waals surface area contributed by atoms with E-state index in [0.29, 0.717) is 24.4 Å². The smallest absolute Gasteiger partial charge is 0.241 e. The Balaban J connectivity index is 0.00000338. The highest BCUT2D eigenvalue weighted by Gasteiger charge is 2.19. The molecule has 0 saturated carbocycles. The first kappa shape index (κ1) is 25.7. The molecule has 1 fully saturated rings. The van der Waals surface area contributed by atoms with Crippen LogP contribution in [0.4, 0.5) is 5.69 Å². The lowest BCUT2D eigenvalue weighted by atomic mass is 10.0. The van der Waals surface area contributed by atoms with Crippen LogP contribution < -0.4 is 11.1 Å². The first-order valence-corrected chi connectivity index (χ1v) is 8.97. The van der Waals surface area contributed by atoms with Gasteiger partial charge in [0.2, 0.25) is 11.8 Å². The Bertz CT molecular complexity index is 605. The van der Waals surface area contributed by atoms with Gasteiger partial charge in [0, 0.05) is 31.9 Å². The van der Waals surface area contributed by atoms with Crippen molar-refractivity contribution in [3.63, 3.8) is 0 Å². The Kier molecular flexibility index (Phi) is 11.6. The lowest BCUT2D eigenvalue weighted by Gasteiger charge is -2.32. The molecule has 0 aliphatic carbocycles. The highest BCUT2D eigenvalue weighted by atomic mass is 35.5. The van der Waals surface area contributed by atoms with Gasteiger partial charge in [-0.1, -0.05) is 26.0 Å². The third-order valence-electron chi connectivity index (χ3n) is 4.47.